The number of rotatable bonds is 10. The van der Waals surface area contributed by atoms with Gasteiger partial charge in [0.25, 0.3) is 0 Å². The van der Waals surface area contributed by atoms with E-state index in [-0.39, 0.29) is 18.1 Å². The van der Waals surface area contributed by atoms with Crippen molar-refractivity contribution in [3.8, 4) is 0 Å². The van der Waals surface area contributed by atoms with Crippen molar-refractivity contribution in [2.24, 2.45) is 5.92 Å². The minimum absolute atomic E-state index is 0.0575. The summed E-state index contributed by atoms with van der Waals surface area (Å²) in [4.78, 5) is 22.7. The van der Waals surface area contributed by atoms with Gasteiger partial charge in [0.15, 0.2) is 0 Å². The van der Waals surface area contributed by atoms with Gasteiger partial charge in [-0.05, 0) is 24.5 Å². The number of hydrogen-bond acceptors (Lipinski definition) is 2. The van der Waals surface area contributed by atoms with E-state index in [1.54, 1.807) is 12.3 Å². The Labute approximate surface area is 126 Å². The fourth-order valence-electron chi connectivity index (χ4n) is 2.22. The van der Waals surface area contributed by atoms with Crippen LogP contribution in [0.1, 0.15) is 56.4 Å². The molecule has 1 aromatic rings. The molecule has 0 aliphatic heterocycles. The average molecular weight is 294 g/mol. The molecular weight excluding hydrogens is 268 g/mol. The molecule has 0 spiro atoms. The van der Waals surface area contributed by atoms with Gasteiger partial charge >= 0.3 is 5.97 Å². The first-order chi connectivity index (χ1) is 10.0. The number of nitrogens with one attached hydrogen (secondary N) is 1. The Hall–Kier alpha value is -1.78. The summed E-state index contributed by atoms with van der Waals surface area (Å²) in [6.45, 7) is 5.17. The molecule has 0 bridgehead atoms. The van der Waals surface area contributed by atoms with Crippen LogP contribution in [0.5, 0.6) is 0 Å². The van der Waals surface area contributed by atoms with Gasteiger partial charge < -0.3 is 15.0 Å². The van der Waals surface area contributed by atoms with Crippen LogP contribution in [-0.2, 0) is 11.3 Å². The molecule has 1 heterocycles. The van der Waals surface area contributed by atoms with E-state index in [0.29, 0.717) is 6.54 Å². The zero-order valence-electron chi connectivity index (χ0n) is 13.0. The Morgan fingerprint density at radius 1 is 1.24 bits per heavy atom. The van der Waals surface area contributed by atoms with Crippen LogP contribution in [0, 0.1) is 5.92 Å². The van der Waals surface area contributed by atoms with Gasteiger partial charge in [0.1, 0.15) is 12.2 Å². The quantitative estimate of drug-likeness (QED) is 0.652. The van der Waals surface area contributed by atoms with Crippen molar-refractivity contribution in [3.63, 3.8) is 0 Å². The largest absolute Gasteiger partial charge is 0.477 e. The highest BCUT2D eigenvalue weighted by Crippen LogP contribution is 2.09. The van der Waals surface area contributed by atoms with Crippen molar-refractivity contribution in [2.75, 3.05) is 6.54 Å². The van der Waals surface area contributed by atoms with Crippen LogP contribution < -0.4 is 5.32 Å². The van der Waals surface area contributed by atoms with Crippen LogP contribution in [0.4, 0.5) is 0 Å². The molecular formula is C16H26N2O3. The number of hydrogen-bond donors (Lipinski definition) is 2. The Morgan fingerprint density at radius 3 is 2.62 bits per heavy atom. The second-order valence-electron chi connectivity index (χ2n) is 5.77. The van der Waals surface area contributed by atoms with Crippen molar-refractivity contribution < 1.29 is 14.7 Å². The van der Waals surface area contributed by atoms with Crippen LogP contribution in [0.15, 0.2) is 18.3 Å². The predicted molar refractivity (Wildman–Crippen MR) is 82.3 cm³/mol. The summed E-state index contributed by atoms with van der Waals surface area (Å²) in [7, 11) is 0. The zero-order chi connectivity index (χ0) is 15.7. The maximum atomic E-state index is 11.7. The van der Waals surface area contributed by atoms with E-state index in [4.69, 9.17) is 5.11 Å². The first-order valence-electron chi connectivity index (χ1n) is 7.66. The third-order valence-corrected chi connectivity index (χ3v) is 3.39. The Bertz CT molecular complexity index is 452. The van der Waals surface area contributed by atoms with Gasteiger partial charge in [0, 0.05) is 12.7 Å². The van der Waals surface area contributed by atoms with Crippen molar-refractivity contribution in [1.29, 1.82) is 0 Å². The highest BCUT2D eigenvalue weighted by Gasteiger charge is 2.11. The molecule has 0 saturated carbocycles. The maximum absolute atomic E-state index is 11.7. The van der Waals surface area contributed by atoms with E-state index in [1.165, 1.54) is 29.9 Å². The Morgan fingerprint density at radius 2 is 1.95 bits per heavy atom. The van der Waals surface area contributed by atoms with E-state index in [0.717, 1.165) is 18.8 Å². The number of unbranched alkanes of at least 4 members (excludes halogenated alkanes) is 3. The van der Waals surface area contributed by atoms with Gasteiger partial charge in [-0.25, -0.2) is 4.79 Å². The monoisotopic (exact) mass is 294 g/mol. The van der Waals surface area contributed by atoms with Crippen molar-refractivity contribution in [1.82, 2.24) is 9.88 Å². The molecule has 0 aliphatic carbocycles. The molecule has 2 N–H and O–H groups in total. The van der Waals surface area contributed by atoms with E-state index in [9.17, 15) is 9.59 Å². The van der Waals surface area contributed by atoms with Gasteiger partial charge in [-0.2, -0.15) is 0 Å². The maximum Gasteiger partial charge on any atom is 0.352 e. The van der Waals surface area contributed by atoms with Crippen LogP contribution >= 0.6 is 0 Å². The second-order valence-corrected chi connectivity index (χ2v) is 5.77. The molecule has 5 heteroatoms. The van der Waals surface area contributed by atoms with Crippen molar-refractivity contribution in [3.05, 3.63) is 24.0 Å². The van der Waals surface area contributed by atoms with E-state index < -0.39 is 5.97 Å². The average Bonchev–Trinajstić information content (AvgIpc) is 2.85. The SMILES string of the molecule is CC(C)CCCCCCNC(=O)Cn1cccc1C(=O)O. The molecule has 21 heavy (non-hydrogen) atoms. The van der Waals surface area contributed by atoms with Crippen LogP contribution in [0.2, 0.25) is 0 Å². The molecule has 0 aliphatic rings. The molecule has 0 saturated heterocycles. The minimum atomic E-state index is -1.02. The van der Waals surface area contributed by atoms with Gasteiger partial charge in [0.05, 0.1) is 0 Å². The second kappa shape index (κ2) is 9.21. The summed E-state index contributed by atoms with van der Waals surface area (Å²) in [6.07, 6.45) is 7.41. The van der Waals surface area contributed by atoms with E-state index in [2.05, 4.69) is 19.2 Å². The smallest absolute Gasteiger partial charge is 0.352 e. The lowest BCUT2D eigenvalue weighted by molar-refractivity contribution is -0.121. The molecule has 1 amide bonds. The molecule has 0 fully saturated rings. The predicted octanol–water partition coefficient (Wildman–Crippen LogP) is 2.91. The van der Waals surface area contributed by atoms with Crippen molar-refractivity contribution in [2.45, 2.75) is 52.5 Å². The van der Waals surface area contributed by atoms with Gasteiger partial charge in [-0.3, -0.25) is 4.79 Å². The summed E-state index contributed by atoms with van der Waals surface area (Å²) >= 11 is 0. The Kier molecular flexibility index (Phi) is 7.58. The number of carboxylic acids is 1. The van der Waals surface area contributed by atoms with E-state index >= 15 is 0 Å². The fourth-order valence-corrected chi connectivity index (χ4v) is 2.22. The topological polar surface area (TPSA) is 71.3 Å². The first kappa shape index (κ1) is 17.3. The summed E-state index contributed by atoms with van der Waals surface area (Å²) in [5.41, 5.74) is 0.138. The summed E-state index contributed by atoms with van der Waals surface area (Å²) < 4.78 is 1.44. The molecule has 1 rings (SSSR count). The molecule has 1 aromatic heterocycles. The molecule has 0 atom stereocenters. The van der Waals surface area contributed by atoms with Crippen LogP contribution in [0.25, 0.3) is 0 Å². The lowest BCUT2D eigenvalue weighted by Crippen LogP contribution is -2.29. The number of carbonyl (C=O) groups excluding carboxylic acids is 1. The van der Waals surface area contributed by atoms with Gasteiger partial charge in [0.2, 0.25) is 5.91 Å². The number of aromatic carboxylic acids is 1. The fraction of sp³-hybridized carbons (Fsp3) is 0.625. The number of nitrogens with zero attached hydrogens (tertiary/aromatic N) is 1. The van der Waals surface area contributed by atoms with Gasteiger partial charge in [-0.15, -0.1) is 0 Å². The van der Waals surface area contributed by atoms with Crippen LogP contribution in [0.3, 0.4) is 0 Å². The third-order valence-electron chi connectivity index (χ3n) is 3.39. The lowest BCUT2D eigenvalue weighted by Gasteiger charge is -2.08. The molecule has 5 nitrogen and oxygen atoms in total. The highest BCUT2D eigenvalue weighted by atomic mass is 16.4. The summed E-state index contributed by atoms with van der Waals surface area (Å²) in [6, 6.07) is 3.12. The third kappa shape index (κ3) is 6.97. The zero-order valence-corrected chi connectivity index (χ0v) is 13.0. The summed E-state index contributed by atoms with van der Waals surface area (Å²) in [5.74, 6) is -0.400. The number of carbonyl (C=O) groups is 2. The number of aromatic nitrogens is 1. The van der Waals surface area contributed by atoms with Gasteiger partial charge in [-0.1, -0.05) is 39.5 Å². The Balaban J connectivity index is 2.14. The standard InChI is InChI=1S/C16H26N2O3/c1-13(2)8-5-3-4-6-10-17-15(19)12-18-11-7-9-14(18)16(20)21/h7,9,11,13H,3-6,8,10,12H2,1-2H3,(H,17,19)(H,20,21). The molecule has 118 valence electrons. The number of amides is 1. The van der Waals surface area contributed by atoms with Crippen LogP contribution in [-0.4, -0.2) is 28.1 Å². The highest BCUT2D eigenvalue weighted by molar-refractivity contribution is 5.86. The molecule has 0 unspecified atom stereocenters. The molecule has 0 aromatic carbocycles. The molecule has 0 radical (unpaired) electrons. The normalized spacial score (nSPS) is 10.8. The first-order valence-corrected chi connectivity index (χ1v) is 7.66. The van der Waals surface area contributed by atoms with E-state index in [1.807, 2.05) is 0 Å². The van der Waals surface area contributed by atoms with Crippen molar-refractivity contribution >= 4 is 11.9 Å². The number of carboxylic acid groups (broad SMARTS) is 1. The minimum Gasteiger partial charge on any atom is -0.477 e. The summed E-state index contributed by atoms with van der Waals surface area (Å²) in [5, 5.41) is 11.8. The lowest BCUT2D eigenvalue weighted by atomic mass is 10.0.